The Balaban J connectivity index is -0.000000435. The molecule has 0 unspecified atom stereocenters. The largest absolute Gasteiger partial charge is 0.481 e. The lowest BCUT2D eigenvalue weighted by Gasteiger charge is -2.27. The van der Waals surface area contributed by atoms with E-state index in [1.165, 1.54) is 19.3 Å². The number of aliphatic carboxylic acids is 1. The number of rotatable bonds is 9. The Kier molecular flexibility index (Phi) is 19.1. The van der Waals surface area contributed by atoms with Crippen LogP contribution in [0.4, 0.5) is 0 Å². The van der Waals surface area contributed by atoms with Gasteiger partial charge in [0, 0.05) is 0 Å². The van der Waals surface area contributed by atoms with Crippen molar-refractivity contribution in [2.75, 3.05) is 6.61 Å². The van der Waals surface area contributed by atoms with E-state index in [1.807, 2.05) is 48.5 Å². The molecule has 1 saturated carbocycles. The molecule has 1 rings (SSSR count). The molecule has 34 heavy (non-hydrogen) atoms. The van der Waals surface area contributed by atoms with Gasteiger partial charge >= 0.3 is 17.9 Å². The van der Waals surface area contributed by atoms with Crippen LogP contribution in [0.15, 0.2) is 12.7 Å². The number of carboxylic acid groups (broad SMARTS) is 1. The zero-order chi connectivity index (χ0) is 26.3. The number of carbonyl (C=O) groups is 3. The standard InChI is InChI=1S/C12H22O2.C9H16O2.C6H12O2.BH4/c1-4-12(2,3)11(13)14-10-8-6-5-7-9-10;1-5-7-11-8(10)9(3,4)6-2;1-4-6(2,3)5(7)8;/h10H,4-9H2,1-3H3;5H,1,6-7H2,2-4H3;4H2,1-3H3,(H,7,8);1H4/q;;;-1. The van der Waals surface area contributed by atoms with Crippen molar-refractivity contribution in [2.45, 2.75) is 120 Å². The summed E-state index contributed by atoms with van der Waals surface area (Å²) in [5, 5.41) is 8.44. The fourth-order valence-corrected chi connectivity index (χ4v) is 2.26. The number of carboxylic acids is 1. The van der Waals surface area contributed by atoms with E-state index in [0.29, 0.717) is 13.0 Å². The Morgan fingerprint density at radius 2 is 1.24 bits per heavy atom. The van der Waals surface area contributed by atoms with E-state index in [-0.39, 0.29) is 37.3 Å². The Labute approximate surface area is 210 Å². The molecule has 0 amide bonds. The molecule has 0 heterocycles. The van der Waals surface area contributed by atoms with Gasteiger partial charge in [-0.1, -0.05) is 48.3 Å². The van der Waals surface area contributed by atoms with Crippen LogP contribution in [-0.4, -0.2) is 44.1 Å². The number of hydrogen-bond donors (Lipinski definition) is 1. The third kappa shape index (κ3) is 15.2. The lowest BCUT2D eigenvalue weighted by atomic mass is 9.90. The summed E-state index contributed by atoms with van der Waals surface area (Å²) in [6.45, 7) is 20.7. The fraction of sp³-hybridized carbons (Fsp3) is 0.815. The van der Waals surface area contributed by atoms with Gasteiger partial charge < -0.3 is 14.6 Å². The molecule has 1 N–H and O–H groups in total. The molecule has 0 aromatic rings. The van der Waals surface area contributed by atoms with E-state index in [0.717, 1.165) is 25.7 Å². The third-order valence-corrected chi connectivity index (χ3v) is 6.49. The summed E-state index contributed by atoms with van der Waals surface area (Å²) in [5.74, 6) is -0.896. The minimum atomic E-state index is -0.722. The van der Waals surface area contributed by atoms with Crippen LogP contribution >= 0.6 is 0 Å². The molecule has 0 saturated heterocycles. The van der Waals surface area contributed by atoms with E-state index >= 15 is 0 Å². The summed E-state index contributed by atoms with van der Waals surface area (Å²) in [6.07, 6.45) is 9.94. The van der Waals surface area contributed by atoms with Crippen LogP contribution in [-0.2, 0) is 23.9 Å². The average Bonchev–Trinajstić information content (AvgIpc) is 2.78. The minimum Gasteiger partial charge on any atom is -0.481 e. The number of hydrogen-bond acceptors (Lipinski definition) is 5. The van der Waals surface area contributed by atoms with Gasteiger partial charge in [-0.05, 0) is 86.5 Å². The highest BCUT2D eigenvalue weighted by atomic mass is 16.5. The topological polar surface area (TPSA) is 89.9 Å². The van der Waals surface area contributed by atoms with Gasteiger partial charge in [0.05, 0.1) is 16.2 Å². The number of carbonyl (C=O) groups excluding carboxylic acids is 2. The van der Waals surface area contributed by atoms with Crippen LogP contribution in [0.2, 0.25) is 0 Å². The average molecular weight is 486 g/mol. The normalized spacial score (nSPS) is 14.1. The van der Waals surface area contributed by atoms with Gasteiger partial charge in [0.25, 0.3) is 0 Å². The van der Waals surface area contributed by atoms with Crippen molar-refractivity contribution in [1.29, 1.82) is 0 Å². The van der Waals surface area contributed by atoms with Gasteiger partial charge in [0.1, 0.15) is 12.7 Å². The molecule has 1 fully saturated rings. The van der Waals surface area contributed by atoms with E-state index in [9.17, 15) is 14.4 Å². The zero-order valence-electron chi connectivity index (χ0n) is 22.7. The molecular formula is C27H54BO6-. The first-order valence-electron chi connectivity index (χ1n) is 12.3. The van der Waals surface area contributed by atoms with E-state index in [2.05, 4.69) is 6.58 Å². The second kappa shape index (κ2) is 17.6. The molecule has 0 aromatic carbocycles. The van der Waals surface area contributed by atoms with Crippen molar-refractivity contribution in [3.8, 4) is 0 Å². The summed E-state index contributed by atoms with van der Waals surface area (Å²) < 4.78 is 10.4. The van der Waals surface area contributed by atoms with E-state index in [4.69, 9.17) is 14.6 Å². The van der Waals surface area contributed by atoms with Crippen molar-refractivity contribution >= 4 is 26.3 Å². The monoisotopic (exact) mass is 485 g/mol. The molecular weight excluding hydrogens is 431 g/mol. The van der Waals surface area contributed by atoms with Crippen LogP contribution in [0.25, 0.3) is 0 Å². The van der Waals surface area contributed by atoms with Gasteiger partial charge in [0.2, 0.25) is 0 Å². The van der Waals surface area contributed by atoms with Crippen LogP contribution in [0.3, 0.4) is 0 Å². The van der Waals surface area contributed by atoms with Crippen molar-refractivity contribution < 1.29 is 29.0 Å². The van der Waals surface area contributed by atoms with Crippen molar-refractivity contribution in [1.82, 2.24) is 0 Å². The zero-order valence-corrected chi connectivity index (χ0v) is 22.7. The van der Waals surface area contributed by atoms with E-state index < -0.39 is 11.4 Å². The fourth-order valence-electron chi connectivity index (χ4n) is 2.26. The van der Waals surface area contributed by atoms with Gasteiger partial charge in [-0.3, -0.25) is 14.4 Å². The Morgan fingerprint density at radius 3 is 1.56 bits per heavy atom. The first kappa shape index (κ1) is 36.8. The molecule has 0 radical (unpaired) electrons. The predicted octanol–water partition coefficient (Wildman–Crippen LogP) is 5.51. The van der Waals surface area contributed by atoms with Crippen LogP contribution < -0.4 is 0 Å². The van der Waals surface area contributed by atoms with Crippen molar-refractivity contribution in [3.05, 3.63) is 12.7 Å². The molecule has 7 heteroatoms. The second-order valence-corrected chi connectivity index (χ2v) is 10.6. The molecule has 0 atom stereocenters. The number of esters is 2. The summed E-state index contributed by atoms with van der Waals surface area (Å²) in [7, 11) is 0. The van der Waals surface area contributed by atoms with Gasteiger partial charge in [-0.15, -0.1) is 0 Å². The maximum absolute atomic E-state index is 11.7. The molecule has 1 aliphatic carbocycles. The Morgan fingerprint density at radius 1 is 0.824 bits per heavy atom. The second-order valence-electron chi connectivity index (χ2n) is 10.6. The molecule has 202 valence electrons. The predicted molar refractivity (Wildman–Crippen MR) is 145 cm³/mol. The number of ether oxygens (including phenoxy) is 2. The molecule has 0 bridgehead atoms. The van der Waals surface area contributed by atoms with E-state index in [1.54, 1.807) is 19.9 Å². The van der Waals surface area contributed by atoms with Gasteiger partial charge in [-0.2, -0.15) is 0 Å². The smallest absolute Gasteiger partial charge is 0.311 e. The van der Waals surface area contributed by atoms with Gasteiger partial charge in [-0.25, -0.2) is 0 Å². The SMILES string of the molecule is C=CCOC(=O)C(C)(C)CC.CCC(C)(C)C(=O)O.CCC(C)(C)C(=O)OC1CCCCC1.[BH4-]. The molecule has 6 nitrogen and oxygen atoms in total. The first-order chi connectivity index (χ1) is 15.1. The quantitative estimate of drug-likeness (QED) is 0.263. The highest BCUT2D eigenvalue weighted by Gasteiger charge is 2.30. The maximum Gasteiger partial charge on any atom is 0.311 e. The molecule has 0 aliphatic heterocycles. The summed E-state index contributed by atoms with van der Waals surface area (Å²) in [5.41, 5.74) is -1.21. The highest BCUT2D eigenvalue weighted by molar-refractivity contribution is 5.76. The van der Waals surface area contributed by atoms with Crippen molar-refractivity contribution in [2.24, 2.45) is 16.2 Å². The lowest BCUT2D eigenvalue weighted by molar-refractivity contribution is -0.161. The molecule has 0 spiro atoms. The summed E-state index contributed by atoms with van der Waals surface area (Å²) >= 11 is 0. The molecule has 1 aliphatic rings. The van der Waals surface area contributed by atoms with Crippen molar-refractivity contribution in [3.63, 3.8) is 0 Å². The Hall–Kier alpha value is -1.79. The van der Waals surface area contributed by atoms with Gasteiger partial charge in [0.15, 0.2) is 0 Å². The van der Waals surface area contributed by atoms with Crippen LogP contribution in [0.1, 0.15) is 114 Å². The molecule has 0 aromatic heterocycles. The first-order valence-corrected chi connectivity index (χ1v) is 12.3. The maximum atomic E-state index is 11.7. The summed E-state index contributed by atoms with van der Waals surface area (Å²) in [4.78, 5) is 33.2. The van der Waals surface area contributed by atoms with Crippen LogP contribution in [0, 0.1) is 16.2 Å². The third-order valence-electron chi connectivity index (χ3n) is 6.49. The minimum absolute atomic E-state index is 0. The summed E-state index contributed by atoms with van der Waals surface area (Å²) in [6, 6.07) is 0. The lowest BCUT2D eigenvalue weighted by Crippen LogP contribution is -2.31. The van der Waals surface area contributed by atoms with Crippen LogP contribution in [0.5, 0.6) is 0 Å². The Bertz CT molecular complexity index is 604. The highest BCUT2D eigenvalue weighted by Crippen LogP contribution is 2.26.